The van der Waals surface area contributed by atoms with Gasteiger partial charge in [0.1, 0.15) is 5.82 Å². The van der Waals surface area contributed by atoms with Gasteiger partial charge >= 0.3 is 5.97 Å². The van der Waals surface area contributed by atoms with Crippen molar-refractivity contribution < 1.29 is 18.3 Å². The van der Waals surface area contributed by atoms with Crippen LogP contribution in [0.5, 0.6) is 0 Å². The number of hydrogen-bond acceptors (Lipinski definition) is 4. The fraction of sp³-hybridized carbons (Fsp3) is 0.231. The van der Waals surface area contributed by atoms with E-state index in [0.717, 1.165) is 4.31 Å². The first-order valence-electron chi connectivity index (χ1n) is 6.11. The molecular formula is C13H15N3O4S. The van der Waals surface area contributed by atoms with Crippen molar-refractivity contribution in [3.63, 3.8) is 0 Å². The number of aryl methyl sites for hydroxylation is 1. The lowest BCUT2D eigenvalue weighted by atomic mass is 10.1. The standard InChI is InChI=1S/C13H15N3O4S/c1-9-3-4-10(13(17)18)7-11(9)21(19,20)16(2)8-12-14-5-6-15-12/h3-7H,8H2,1-2H3,(H,14,15)(H,17,18). The molecular weight excluding hydrogens is 294 g/mol. The number of imidazole rings is 1. The SMILES string of the molecule is Cc1ccc(C(=O)O)cc1S(=O)(=O)N(C)Cc1ncc[nH]1. The molecule has 2 aromatic rings. The lowest BCUT2D eigenvalue weighted by Gasteiger charge is -2.17. The lowest BCUT2D eigenvalue weighted by Crippen LogP contribution is -2.27. The van der Waals surface area contributed by atoms with Gasteiger partial charge in [-0.3, -0.25) is 0 Å². The van der Waals surface area contributed by atoms with E-state index < -0.39 is 16.0 Å². The Labute approximate surface area is 122 Å². The van der Waals surface area contributed by atoms with E-state index >= 15 is 0 Å². The zero-order chi connectivity index (χ0) is 15.6. The van der Waals surface area contributed by atoms with E-state index in [-0.39, 0.29) is 17.0 Å². The number of carboxylic acid groups (broad SMARTS) is 1. The second kappa shape index (κ2) is 5.66. The van der Waals surface area contributed by atoms with Gasteiger partial charge in [-0.2, -0.15) is 4.31 Å². The quantitative estimate of drug-likeness (QED) is 0.864. The summed E-state index contributed by atoms with van der Waals surface area (Å²) >= 11 is 0. The minimum Gasteiger partial charge on any atom is -0.478 e. The van der Waals surface area contributed by atoms with Crippen molar-refractivity contribution in [3.05, 3.63) is 47.5 Å². The van der Waals surface area contributed by atoms with Crippen molar-refractivity contribution >= 4 is 16.0 Å². The number of aromatic amines is 1. The third kappa shape index (κ3) is 3.11. The number of carbonyl (C=O) groups is 1. The third-order valence-corrected chi connectivity index (χ3v) is 5.00. The number of sulfonamides is 1. The molecule has 7 nitrogen and oxygen atoms in total. The van der Waals surface area contributed by atoms with Crippen LogP contribution >= 0.6 is 0 Å². The summed E-state index contributed by atoms with van der Waals surface area (Å²) in [4.78, 5) is 17.8. The Hall–Kier alpha value is -2.19. The summed E-state index contributed by atoms with van der Waals surface area (Å²) in [6, 6.07) is 4.03. The fourth-order valence-electron chi connectivity index (χ4n) is 1.86. The van der Waals surface area contributed by atoms with Crippen molar-refractivity contribution in [2.24, 2.45) is 0 Å². The molecule has 2 rings (SSSR count). The van der Waals surface area contributed by atoms with Gasteiger partial charge in [0.15, 0.2) is 0 Å². The van der Waals surface area contributed by atoms with E-state index in [4.69, 9.17) is 5.11 Å². The van der Waals surface area contributed by atoms with Crippen LogP contribution in [0.25, 0.3) is 0 Å². The molecule has 1 heterocycles. The lowest BCUT2D eigenvalue weighted by molar-refractivity contribution is 0.0696. The Morgan fingerprint density at radius 2 is 2.14 bits per heavy atom. The van der Waals surface area contributed by atoms with E-state index in [2.05, 4.69) is 9.97 Å². The molecule has 0 atom stereocenters. The molecule has 0 bridgehead atoms. The van der Waals surface area contributed by atoms with Crippen LogP contribution in [-0.2, 0) is 16.6 Å². The van der Waals surface area contributed by atoms with Gasteiger partial charge in [-0.1, -0.05) is 6.07 Å². The molecule has 0 amide bonds. The molecule has 0 spiro atoms. The summed E-state index contributed by atoms with van der Waals surface area (Å²) in [6.45, 7) is 1.70. The van der Waals surface area contributed by atoms with Gasteiger partial charge in [0, 0.05) is 19.4 Å². The highest BCUT2D eigenvalue weighted by Crippen LogP contribution is 2.21. The van der Waals surface area contributed by atoms with Crippen LogP contribution in [0.4, 0.5) is 0 Å². The highest BCUT2D eigenvalue weighted by Gasteiger charge is 2.24. The first-order valence-corrected chi connectivity index (χ1v) is 7.55. The van der Waals surface area contributed by atoms with Gasteiger partial charge in [0.25, 0.3) is 0 Å². The maximum absolute atomic E-state index is 12.5. The van der Waals surface area contributed by atoms with Gasteiger partial charge in [-0.15, -0.1) is 0 Å². The molecule has 0 aliphatic rings. The second-order valence-electron chi connectivity index (χ2n) is 4.58. The molecule has 0 aliphatic heterocycles. The smallest absolute Gasteiger partial charge is 0.335 e. The summed E-state index contributed by atoms with van der Waals surface area (Å²) < 4.78 is 26.2. The monoisotopic (exact) mass is 309 g/mol. The predicted octanol–water partition coefficient (Wildman–Crippen LogP) is 1.24. The zero-order valence-electron chi connectivity index (χ0n) is 11.6. The first kappa shape index (κ1) is 15.2. The molecule has 8 heteroatoms. The van der Waals surface area contributed by atoms with Gasteiger partial charge in [0.2, 0.25) is 10.0 Å². The van der Waals surface area contributed by atoms with E-state index in [1.807, 2.05) is 0 Å². The van der Waals surface area contributed by atoms with Gasteiger partial charge in [0.05, 0.1) is 17.0 Å². The topological polar surface area (TPSA) is 103 Å². The van der Waals surface area contributed by atoms with E-state index in [1.165, 1.54) is 31.4 Å². The zero-order valence-corrected chi connectivity index (χ0v) is 12.4. The van der Waals surface area contributed by atoms with Crippen LogP contribution in [0.15, 0.2) is 35.5 Å². The molecule has 0 saturated carbocycles. The van der Waals surface area contributed by atoms with Crippen LogP contribution in [0, 0.1) is 6.92 Å². The Bertz CT molecular complexity index is 754. The average molecular weight is 309 g/mol. The number of aromatic nitrogens is 2. The Morgan fingerprint density at radius 1 is 1.43 bits per heavy atom. The number of H-pyrrole nitrogens is 1. The molecule has 0 saturated heterocycles. The molecule has 2 N–H and O–H groups in total. The van der Waals surface area contributed by atoms with Crippen molar-refractivity contribution in [3.8, 4) is 0 Å². The molecule has 0 radical (unpaired) electrons. The van der Waals surface area contributed by atoms with E-state index in [9.17, 15) is 13.2 Å². The largest absolute Gasteiger partial charge is 0.478 e. The molecule has 0 aliphatic carbocycles. The van der Waals surface area contributed by atoms with Crippen LogP contribution in [0.3, 0.4) is 0 Å². The van der Waals surface area contributed by atoms with Crippen molar-refractivity contribution in [1.82, 2.24) is 14.3 Å². The van der Waals surface area contributed by atoms with Crippen molar-refractivity contribution in [1.29, 1.82) is 0 Å². The van der Waals surface area contributed by atoms with E-state index in [1.54, 1.807) is 13.1 Å². The highest BCUT2D eigenvalue weighted by molar-refractivity contribution is 7.89. The number of nitrogens with one attached hydrogen (secondary N) is 1. The van der Waals surface area contributed by atoms with Crippen LogP contribution < -0.4 is 0 Å². The van der Waals surface area contributed by atoms with Crippen LogP contribution in [0.1, 0.15) is 21.7 Å². The van der Waals surface area contributed by atoms with Gasteiger partial charge in [-0.25, -0.2) is 18.2 Å². The second-order valence-corrected chi connectivity index (χ2v) is 6.60. The van der Waals surface area contributed by atoms with Gasteiger partial charge in [-0.05, 0) is 24.6 Å². The maximum atomic E-state index is 12.5. The summed E-state index contributed by atoms with van der Waals surface area (Å²) in [5.41, 5.74) is 0.428. The molecule has 0 fully saturated rings. The van der Waals surface area contributed by atoms with Crippen molar-refractivity contribution in [2.75, 3.05) is 7.05 Å². The number of carboxylic acids is 1. The predicted molar refractivity (Wildman–Crippen MR) is 75.4 cm³/mol. The van der Waals surface area contributed by atoms with Gasteiger partial charge < -0.3 is 10.1 Å². The molecule has 0 unspecified atom stereocenters. The number of benzene rings is 1. The fourth-order valence-corrected chi connectivity index (χ4v) is 3.24. The number of hydrogen-bond donors (Lipinski definition) is 2. The Morgan fingerprint density at radius 3 is 2.71 bits per heavy atom. The molecule has 1 aromatic heterocycles. The Kier molecular flexibility index (Phi) is 4.10. The van der Waals surface area contributed by atoms with Crippen molar-refractivity contribution in [2.45, 2.75) is 18.4 Å². The summed E-state index contributed by atoms with van der Waals surface area (Å²) in [5, 5.41) is 8.99. The number of aromatic carboxylic acids is 1. The minimum atomic E-state index is -3.79. The minimum absolute atomic E-state index is 0.0172. The normalized spacial score (nSPS) is 11.8. The van der Waals surface area contributed by atoms with Crippen LogP contribution in [-0.4, -0.2) is 40.8 Å². The average Bonchev–Trinajstić information content (AvgIpc) is 2.91. The molecule has 112 valence electrons. The first-order chi connectivity index (χ1) is 9.82. The van der Waals surface area contributed by atoms with E-state index in [0.29, 0.717) is 11.4 Å². The molecule has 21 heavy (non-hydrogen) atoms. The van der Waals surface area contributed by atoms with Crippen LogP contribution in [0.2, 0.25) is 0 Å². The summed E-state index contributed by atoms with van der Waals surface area (Å²) in [7, 11) is -2.37. The number of nitrogens with zero attached hydrogens (tertiary/aromatic N) is 2. The highest BCUT2D eigenvalue weighted by atomic mass is 32.2. The summed E-state index contributed by atoms with van der Waals surface area (Å²) in [5.74, 6) is -0.659. The molecule has 1 aromatic carbocycles. The Balaban J connectivity index is 2.38. The third-order valence-electron chi connectivity index (χ3n) is 3.05. The maximum Gasteiger partial charge on any atom is 0.335 e. The number of rotatable bonds is 5. The summed E-state index contributed by atoms with van der Waals surface area (Å²) in [6.07, 6.45) is 3.14.